The van der Waals surface area contributed by atoms with E-state index in [-0.39, 0.29) is 17.5 Å². The number of aliphatic hydroxyl groups excluding tert-OH is 1. The quantitative estimate of drug-likeness (QED) is 0.737. The van der Waals surface area contributed by atoms with Crippen molar-refractivity contribution in [1.82, 2.24) is 0 Å². The number of thiophene rings is 1. The van der Waals surface area contributed by atoms with E-state index in [0.29, 0.717) is 15.6 Å². The van der Waals surface area contributed by atoms with Crippen LogP contribution in [0.15, 0.2) is 18.2 Å². The van der Waals surface area contributed by atoms with Crippen molar-refractivity contribution in [3.8, 4) is 5.75 Å². The summed E-state index contributed by atoms with van der Waals surface area (Å²) in [6.07, 6.45) is 0. The van der Waals surface area contributed by atoms with Crippen LogP contribution in [0, 0.1) is 5.13 Å². The fourth-order valence-corrected chi connectivity index (χ4v) is 2.17. The molecule has 0 amide bonds. The van der Waals surface area contributed by atoms with E-state index in [1.165, 1.54) is 18.2 Å². The molecule has 0 radical (unpaired) electrons. The average molecular weight is 198 g/mol. The molecule has 2 rings (SSSR count). The maximum Gasteiger partial charge on any atom is 0.177 e. The van der Waals surface area contributed by atoms with Gasteiger partial charge in [0, 0.05) is 4.70 Å². The molecule has 68 valence electrons. The molecule has 2 nitrogen and oxygen atoms in total. The van der Waals surface area contributed by atoms with E-state index < -0.39 is 0 Å². The summed E-state index contributed by atoms with van der Waals surface area (Å²) in [5.74, 6) is 0.0503. The first-order chi connectivity index (χ1) is 6.20. The van der Waals surface area contributed by atoms with Crippen LogP contribution in [0.25, 0.3) is 10.1 Å². The van der Waals surface area contributed by atoms with Crippen LogP contribution in [0.4, 0.5) is 4.39 Å². The Labute approximate surface area is 77.9 Å². The molecule has 0 saturated carbocycles. The molecule has 0 spiro atoms. The molecule has 0 fully saturated rings. The molecule has 0 aliphatic rings. The number of fused-ring (bicyclic) bond motifs is 1. The molecule has 0 aliphatic carbocycles. The summed E-state index contributed by atoms with van der Waals surface area (Å²) in [6, 6.07) is 4.27. The van der Waals surface area contributed by atoms with Crippen molar-refractivity contribution in [3.05, 3.63) is 28.9 Å². The number of halogens is 1. The summed E-state index contributed by atoms with van der Waals surface area (Å²) in [6.45, 7) is -0.190. The minimum absolute atomic E-state index is 0.0503. The van der Waals surface area contributed by atoms with Crippen molar-refractivity contribution in [3.63, 3.8) is 0 Å². The molecule has 1 aromatic carbocycles. The first-order valence-electron chi connectivity index (χ1n) is 3.72. The van der Waals surface area contributed by atoms with Gasteiger partial charge in [-0.15, -0.1) is 11.3 Å². The highest BCUT2D eigenvalue weighted by Gasteiger charge is 2.07. The largest absolute Gasteiger partial charge is 0.508 e. The normalized spacial score (nSPS) is 10.9. The van der Waals surface area contributed by atoms with Crippen LogP contribution >= 0.6 is 11.3 Å². The third-order valence-electron chi connectivity index (χ3n) is 1.82. The fraction of sp³-hybridized carbons (Fsp3) is 0.111. The molecule has 1 aromatic heterocycles. The van der Waals surface area contributed by atoms with Crippen molar-refractivity contribution in [1.29, 1.82) is 0 Å². The summed E-state index contributed by atoms with van der Waals surface area (Å²) < 4.78 is 13.5. The number of aliphatic hydroxyl groups is 1. The third kappa shape index (κ3) is 1.38. The van der Waals surface area contributed by atoms with E-state index in [0.717, 1.165) is 11.3 Å². The zero-order valence-electron chi connectivity index (χ0n) is 6.62. The van der Waals surface area contributed by atoms with E-state index in [9.17, 15) is 9.50 Å². The molecule has 13 heavy (non-hydrogen) atoms. The lowest BCUT2D eigenvalue weighted by atomic mass is 10.1. The Hall–Kier alpha value is -1.13. The molecule has 2 aromatic rings. The number of aromatic hydroxyl groups is 1. The number of phenolic OH excluding ortho intramolecular Hbond substituents is 1. The van der Waals surface area contributed by atoms with E-state index in [1.807, 2.05) is 0 Å². The van der Waals surface area contributed by atoms with Gasteiger partial charge in [0.2, 0.25) is 0 Å². The van der Waals surface area contributed by atoms with Gasteiger partial charge in [0.1, 0.15) is 5.75 Å². The zero-order valence-corrected chi connectivity index (χ0v) is 7.44. The van der Waals surface area contributed by atoms with Gasteiger partial charge in [-0.2, -0.15) is 4.39 Å². The van der Waals surface area contributed by atoms with Gasteiger partial charge < -0.3 is 10.2 Å². The van der Waals surface area contributed by atoms with Crippen LogP contribution in [0.5, 0.6) is 5.75 Å². The molecule has 0 saturated heterocycles. The maximum absolute atomic E-state index is 12.8. The molecule has 1 heterocycles. The van der Waals surface area contributed by atoms with Crippen LogP contribution in [-0.4, -0.2) is 10.2 Å². The second-order valence-corrected chi connectivity index (χ2v) is 3.73. The van der Waals surface area contributed by atoms with Crippen molar-refractivity contribution in [2.75, 3.05) is 0 Å². The van der Waals surface area contributed by atoms with Crippen LogP contribution in [0.1, 0.15) is 5.56 Å². The monoisotopic (exact) mass is 198 g/mol. The topological polar surface area (TPSA) is 40.5 Å². The highest BCUT2D eigenvalue weighted by molar-refractivity contribution is 7.17. The number of benzene rings is 1. The summed E-state index contributed by atoms with van der Waals surface area (Å²) in [5, 5.41) is 18.5. The number of phenols is 1. The van der Waals surface area contributed by atoms with Gasteiger partial charge in [0.15, 0.2) is 5.13 Å². The van der Waals surface area contributed by atoms with Crippen molar-refractivity contribution < 1.29 is 14.6 Å². The second kappa shape index (κ2) is 2.97. The average Bonchev–Trinajstić information content (AvgIpc) is 2.43. The molecule has 0 atom stereocenters. The lowest BCUT2D eigenvalue weighted by molar-refractivity contribution is 0.283. The predicted molar refractivity (Wildman–Crippen MR) is 49.4 cm³/mol. The zero-order chi connectivity index (χ0) is 9.42. The SMILES string of the molecule is OCc1cc(O)cc2cc(F)sc12. The first kappa shape index (κ1) is 8.47. The lowest BCUT2D eigenvalue weighted by Gasteiger charge is -1.99. The molecular weight excluding hydrogens is 191 g/mol. The smallest absolute Gasteiger partial charge is 0.177 e. The standard InChI is InChI=1S/C9H7FO2S/c10-8-3-5-1-7(12)2-6(4-11)9(5)13-8/h1-3,11-12H,4H2. The van der Waals surface area contributed by atoms with Gasteiger partial charge in [0.25, 0.3) is 0 Å². The van der Waals surface area contributed by atoms with Gasteiger partial charge in [-0.25, -0.2) is 0 Å². The minimum atomic E-state index is -0.310. The number of hydrogen-bond acceptors (Lipinski definition) is 3. The fourth-order valence-electron chi connectivity index (χ4n) is 1.29. The van der Waals surface area contributed by atoms with Gasteiger partial charge in [-0.05, 0) is 29.1 Å². The maximum atomic E-state index is 12.8. The Kier molecular flexibility index (Phi) is 1.94. The highest BCUT2D eigenvalue weighted by Crippen LogP contribution is 2.31. The predicted octanol–water partition coefficient (Wildman–Crippen LogP) is 2.24. The van der Waals surface area contributed by atoms with Gasteiger partial charge in [-0.1, -0.05) is 0 Å². The molecule has 4 heteroatoms. The van der Waals surface area contributed by atoms with Gasteiger partial charge in [0.05, 0.1) is 6.61 Å². The summed E-state index contributed by atoms with van der Waals surface area (Å²) in [5.41, 5.74) is 0.559. The van der Waals surface area contributed by atoms with E-state index >= 15 is 0 Å². The summed E-state index contributed by atoms with van der Waals surface area (Å²) in [4.78, 5) is 0. The van der Waals surface area contributed by atoms with Crippen molar-refractivity contribution >= 4 is 21.4 Å². The Morgan fingerprint density at radius 3 is 2.77 bits per heavy atom. The van der Waals surface area contributed by atoms with Crippen LogP contribution < -0.4 is 0 Å². The van der Waals surface area contributed by atoms with E-state index in [4.69, 9.17) is 5.11 Å². The summed E-state index contributed by atoms with van der Waals surface area (Å²) in [7, 11) is 0. The molecule has 0 bridgehead atoms. The Morgan fingerprint density at radius 2 is 2.08 bits per heavy atom. The third-order valence-corrected chi connectivity index (χ3v) is 2.83. The van der Waals surface area contributed by atoms with Crippen molar-refractivity contribution in [2.45, 2.75) is 6.61 Å². The summed E-state index contributed by atoms with van der Waals surface area (Å²) >= 11 is 0.974. The van der Waals surface area contributed by atoms with Gasteiger partial charge in [-0.3, -0.25) is 0 Å². The second-order valence-electron chi connectivity index (χ2n) is 2.73. The first-order valence-corrected chi connectivity index (χ1v) is 4.54. The Morgan fingerprint density at radius 1 is 1.31 bits per heavy atom. The van der Waals surface area contributed by atoms with Crippen LogP contribution in [0.2, 0.25) is 0 Å². The minimum Gasteiger partial charge on any atom is -0.508 e. The molecule has 0 unspecified atom stereocenters. The van der Waals surface area contributed by atoms with Crippen molar-refractivity contribution in [2.24, 2.45) is 0 Å². The number of hydrogen-bond donors (Lipinski definition) is 2. The highest BCUT2D eigenvalue weighted by atomic mass is 32.1. The Bertz CT molecular complexity index is 450. The molecule has 0 aliphatic heterocycles. The number of rotatable bonds is 1. The molecule has 2 N–H and O–H groups in total. The van der Waals surface area contributed by atoms with Gasteiger partial charge >= 0.3 is 0 Å². The van der Waals surface area contributed by atoms with E-state index in [2.05, 4.69) is 0 Å². The van der Waals surface area contributed by atoms with Crippen LogP contribution in [-0.2, 0) is 6.61 Å². The molecular formula is C9H7FO2S. The van der Waals surface area contributed by atoms with E-state index in [1.54, 1.807) is 0 Å². The van der Waals surface area contributed by atoms with Crippen LogP contribution in [0.3, 0.4) is 0 Å². The lowest BCUT2D eigenvalue weighted by Crippen LogP contribution is -1.81. The Balaban J connectivity index is 2.80.